The number of esters is 1. The average Bonchev–Trinajstić information content (AvgIpc) is 2.40. The Labute approximate surface area is 127 Å². The Hall–Kier alpha value is -1.82. The smallest absolute Gasteiger partial charge is 0.328 e. The summed E-state index contributed by atoms with van der Waals surface area (Å²) in [4.78, 5) is 23.5. The molecule has 0 unspecified atom stereocenters. The number of methoxy groups -OCH3 is 1. The first-order valence-electron chi connectivity index (χ1n) is 6.44. The second-order valence-corrected chi connectivity index (χ2v) is 5.34. The molecule has 116 valence electrons. The van der Waals surface area contributed by atoms with E-state index < -0.39 is 23.9 Å². The Morgan fingerprint density at radius 1 is 1.38 bits per heavy atom. The third-order valence-corrected chi connectivity index (χ3v) is 2.97. The van der Waals surface area contributed by atoms with Crippen molar-refractivity contribution in [2.75, 3.05) is 12.4 Å². The van der Waals surface area contributed by atoms with Gasteiger partial charge in [-0.05, 0) is 30.5 Å². The minimum absolute atomic E-state index is 0.0977. The summed E-state index contributed by atoms with van der Waals surface area (Å²) >= 11 is 5.62. The first-order chi connectivity index (χ1) is 9.83. The van der Waals surface area contributed by atoms with Gasteiger partial charge in [0.15, 0.2) is 0 Å². The molecule has 0 radical (unpaired) electrons. The molecule has 0 fully saturated rings. The number of ether oxygens (including phenoxy) is 1. The minimum Gasteiger partial charge on any atom is -0.467 e. The molecule has 7 heteroatoms. The van der Waals surface area contributed by atoms with Crippen LogP contribution in [0, 0.1) is 11.7 Å². The average molecular weight is 317 g/mol. The van der Waals surface area contributed by atoms with Gasteiger partial charge in [0.1, 0.15) is 11.9 Å². The minimum atomic E-state index is -0.745. The molecule has 0 heterocycles. The van der Waals surface area contributed by atoms with E-state index in [0.29, 0.717) is 12.1 Å². The molecule has 0 spiro atoms. The number of carbonyl (C=O) groups is 2. The highest BCUT2D eigenvalue weighted by molar-refractivity contribution is 6.31. The summed E-state index contributed by atoms with van der Waals surface area (Å²) in [5.74, 6) is -0.888. The molecule has 1 atom stereocenters. The van der Waals surface area contributed by atoms with Gasteiger partial charge in [0.2, 0.25) is 0 Å². The molecule has 0 aliphatic carbocycles. The lowest BCUT2D eigenvalue weighted by molar-refractivity contribution is -0.143. The third kappa shape index (κ3) is 5.59. The number of hydrogen-bond acceptors (Lipinski definition) is 3. The molecule has 5 nitrogen and oxygen atoms in total. The largest absolute Gasteiger partial charge is 0.467 e. The van der Waals surface area contributed by atoms with Crippen molar-refractivity contribution in [1.82, 2.24) is 5.32 Å². The normalized spacial score (nSPS) is 11.9. The van der Waals surface area contributed by atoms with Gasteiger partial charge in [0, 0.05) is 5.69 Å². The fourth-order valence-electron chi connectivity index (χ4n) is 1.73. The van der Waals surface area contributed by atoms with Crippen molar-refractivity contribution in [2.24, 2.45) is 5.92 Å². The summed E-state index contributed by atoms with van der Waals surface area (Å²) in [6, 6.07) is 2.46. The number of benzene rings is 1. The third-order valence-electron chi connectivity index (χ3n) is 2.68. The predicted octanol–water partition coefficient (Wildman–Crippen LogP) is 3.19. The van der Waals surface area contributed by atoms with Crippen LogP contribution in [0.1, 0.15) is 20.3 Å². The number of hydrogen-bond donors (Lipinski definition) is 2. The zero-order valence-corrected chi connectivity index (χ0v) is 12.8. The first kappa shape index (κ1) is 17.2. The van der Waals surface area contributed by atoms with E-state index in [1.54, 1.807) is 0 Å². The van der Waals surface area contributed by atoms with Crippen molar-refractivity contribution in [2.45, 2.75) is 26.3 Å². The molecule has 1 aromatic rings. The summed E-state index contributed by atoms with van der Waals surface area (Å²) in [5.41, 5.74) is 0.326. The maximum absolute atomic E-state index is 13.0. The van der Waals surface area contributed by atoms with Crippen molar-refractivity contribution in [3.63, 3.8) is 0 Å². The molecule has 0 aliphatic heterocycles. The van der Waals surface area contributed by atoms with E-state index in [-0.39, 0.29) is 10.9 Å². The lowest BCUT2D eigenvalue weighted by atomic mass is 10.0. The molecule has 0 aromatic heterocycles. The molecule has 2 N–H and O–H groups in total. The van der Waals surface area contributed by atoms with Crippen LogP contribution < -0.4 is 10.6 Å². The SMILES string of the molecule is COC(=O)[C@H](CC(C)C)NC(=O)Nc1ccc(F)c(Cl)c1. The molecule has 0 saturated heterocycles. The van der Waals surface area contributed by atoms with E-state index in [1.165, 1.54) is 19.2 Å². The fraction of sp³-hybridized carbons (Fsp3) is 0.429. The highest BCUT2D eigenvalue weighted by Crippen LogP contribution is 2.19. The molecule has 0 aliphatic rings. The number of anilines is 1. The van der Waals surface area contributed by atoms with E-state index in [2.05, 4.69) is 15.4 Å². The summed E-state index contributed by atoms with van der Waals surface area (Å²) in [5, 5.41) is 4.91. The van der Waals surface area contributed by atoms with Gasteiger partial charge in [-0.25, -0.2) is 14.0 Å². The zero-order valence-electron chi connectivity index (χ0n) is 12.1. The van der Waals surface area contributed by atoms with Crippen LogP contribution in [0.15, 0.2) is 18.2 Å². The van der Waals surface area contributed by atoms with Gasteiger partial charge in [0.25, 0.3) is 0 Å². The Bertz CT molecular complexity index is 523. The van der Waals surface area contributed by atoms with Crippen molar-refractivity contribution in [3.8, 4) is 0 Å². The molecule has 1 aromatic carbocycles. The molecule has 0 saturated carbocycles. The monoisotopic (exact) mass is 316 g/mol. The Morgan fingerprint density at radius 2 is 2.05 bits per heavy atom. The standard InChI is InChI=1S/C14H18ClFN2O3/c1-8(2)6-12(13(19)21-3)18-14(20)17-9-4-5-11(16)10(15)7-9/h4-5,7-8,12H,6H2,1-3H3,(H2,17,18,20)/t12-/m0/s1. The van der Waals surface area contributed by atoms with E-state index >= 15 is 0 Å². The van der Waals surface area contributed by atoms with Gasteiger partial charge >= 0.3 is 12.0 Å². The molecule has 2 amide bonds. The van der Waals surface area contributed by atoms with Crippen LogP contribution in [-0.2, 0) is 9.53 Å². The molecular weight excluding hydrogens is 299 g/mol. The number of amides is 2. The lowest BCUT2D eigenvalue weighted by Crippen LogP contribution is -2.44. The Balaban J connectivity index is 2.68. The van der Waals surface area contributed by atoms with Crippen LogP contribution in [0.2, 0.25) is 5.02 Å². The quantitative estimate of drug-likeness (QED) is 0.820. The number of rotatable bonds is 5. The van der Waals surface area contributed by atoms with Gasteiger partial charge in [-0.15, -0.1) is 0 Å². The molecular formula is C14H18ClFN2O3. The van der Waals surface area contributed by atoms with E-state index in [9.17, 15) is 14.0 Å². The van der Waals surface area contributed by atoms with Gasteiger partial charge in [-0.3, -0.25) is 0 Å². The lowest BCUT2D eigenvalue weighted by Gasteiger charge is -2.18. The topological polar surface area (TPSA) is 67.4 Å². The van der Waals surface area contributed by atoms with E-state index in [0.717, 1.165) is 6.07 Å². The summed E-state index contributed by atoms with van der Waals surface area (Å²) in [7, 11) is 1.26. The fourth-order valence-corrected chi connectivity index (χ4v) is 1.91. The first-order valence-corrected chi connectivity index (χ1v) is 6.81. The van der Waals surface area contributed by atoms with Crippen LogP contribution in [0.3, 0.4) is 0 Å². The molecule has 21 heavy (non-hydrogen) atoms. The van der Waals surface area contributed by atoms with E-state index in [4.69, 9.17) is 11.6 Å². The predicted molar refractivity (Wildman–Crippen MR) is 78.8 cm³/mol. The number of carbonyl (C=O) groups excluding carboxylic acids is 2. The van der Waals surface area contributed by atoms with Crippen LogP contribution in [0.4, 0.5) is 14.9 Å². The van der Waals surface area contributed by atoms with E-state index in [1.807, 2.05) is 13.8 Å². The summed E-state index contributed by atoms with van der Waals surface area (Å²) < 4.78 is 17.7. The highest BCUT2D eigenvalue weighted by atomic mass is 35.5. The maximum atomic E-state index is 13.0. The number of halogens is 2. The van der Waals surface area contributed by atoms with Gasteiger partial charge in [-0.1, -0.05) is 25.4 Å². The van der Waals surface area contributed by atoms with Crippen LogP contribution >= 0.6 is 11.6 Å². The maximum Gasteiger partial charge on any atom is 0.328 e. The second kappa shape index (κ2) is 7.83. The van der Waals surface area contributed by atoms with Crippen molar-refractivity contribution in [1.29, 1.82) is 0 Å². The highest BCUT2D eigenvalue weighted by Gasteiger charge is 2.22. The van der Waals surface area contributed by atoms with Gasteiger partial charge < -0.3 is 15.4 Å². The number of urea groups is 1. The molecule has 1 rings (SSSR count). The Morgan fingerprint density at radius 3 is 2.57 bits per heavy atom. The molecule has 0 bridgehead atoms. The van der Waals surface area contributed by atoms with Crippen molar-refractivity contribution < 1.29 is 18.7 Å². The van der Waals surface area contributed by atoms with Crippen LogP contribution in [0.25, 0.3) is 0 Å². The number of nitrogens with one attached hydrogen (secondary N) is 2. The summed E-state index contributed by atoms with van der Waals surface area (Å²) in [6.07, 6.45) is 0.449. The van der Waals surface area contributed by atoms with Crippen molar-refractivity contribution in [3.05, 3.63) is 29.0 Å². The summed E-state index contributed by atoms with van der Waals surface area (Å²) in [6.45, 7) is 3.85. The van der Waals surface area contributed by atoms with Gasteiger partial charge in [0.05, 0.1) is 12.1 Å². The zero-order chi connectivity index (χ0) is 16.0. The van der Waals surface area contributed by atoms with Crippen molar-refractivity contribution >= 4 is 29.3 Å². The van der Waals surface area contributed by atoms with Gasteiger partial charge in [-0.2, -0.15) is 0 Å². The van der Waals surface area contributed by atoms with Crippen LogP contribution in [0.5, 0.6) is 0 Å². The Kier molecular flexibility index (Phi) is 6.42. The van der Waals surface area contributed by atoms with Crippen LogP contribution in [-0.4, -0.2) is 25.2 Å². The second-order valence-electron chi connectivity index (χ2n) is 4.93.